The molecule has 0 N–H and O–H groups in total. The summed E-state index contributed by atoms with van der Waals surface area (Å²) in [6.07, 6.45) is 0.699. The number of aromatic nitrogens is 5. The van der Waals surface area contributed by atoms with Crippen LogP contribution in [0.25, 0.3) is 11.2 Å². The van der Waals surface area contributed by atoms with Crippen molar-refractivity contribution in [3.63, 3.8) is 0 Å². The fraction of sp³-hybridized carbons (Fsp3) is 0.467. The van der Waals surface area contributed by atoms with E-state index in [1.54, 1.807) is 29.4 Å². The van der Waals surface area contributed by atoms with Gasteiger partial charge in [-0.3, -0.25) is 13.9 Å². The normalized spacial score (nSPS) is 24.1. The first-order valence-electron chi connectivity index (χ1n) is 14.1. The van der Waals surface area contributed by atoms with Crippen molar-refractivity contribution in [3.8, 4) is 11.8 Å². The van der Waals surface area contributed by atoms with Crippen LogP contribution in [0.4, 0.5) is 22.0 Å². The van der Waals surface area contributed by atoms with Crippen LogP contribution in [-0.4, -0.2) is 47.6 Å². The van der Waals surface area contributed by atoms with Gasteiger partial charge >= 0.3 is 11.9 Å². The van der Waals surface area contributed by atoms with E-state index in [9.17, 15) is 32.0 Å². The van der Waals surface area contributed by atoms with Crippen LogP contribution in [0, 0.1) is 23.2 Å². The Kier molecular flexibility index (Phi) is 6.95. The third-order valence-corrected chi connectivity index (χ3v) is 9.04. The molecule has 6 rings (SSSR count). The van der Waals surface area contributed by atoms with Gasteiger partial charge < -0.3 is 4.57 Å². The van der Waals surface area contributed by atoms with Crippen molar-refractivity contribution in [3.05, 3.63) is 82.1 Å². The number of nitrogens with zero attached hydrogens (tertiary/aromatic N) is 7. The van der Waals surface area contributed by atoms with Crippen LogP contribution >= 0.6 is 0 Å². The number of halogens is 5. The van der Waals surface area contributed by atoms with Crippen LogP contribution in [-0.2, 0) is 31.6 Å². The van der Waals surface area contributed by atoms with Crippen molar-refractivity contribution < 1.29 is 22.0 Å². The third-order valence-electron chi connectivity index (χ3n) is 9.04. The molecule has 2 fully saturated rings. The minimum atomic E-state index is -4.75. The molecule has 0 amide bonds. The molecule has 2 aliphatic rings. The van der Waals surface area contributed by atoms with Crippen LogP contribution in [0.1, 0.15) is 48.7 Å². The van der Waals surface area contributed by atoms with E-state index in [0.29, 0.717) is 24.9 Å². The van der Waals surface area contributed by atoms with Crippen molar-refractivity contribution in [2.24, 2.45) is 18.9 Å². The number of aryl methyl sites for hydroxylation is 1. The van der Waals surface area contributed by atoms with Crippen LogP contribution in [0.2, 0.25) is 0 Å². The van der Waals surface area contributed by atoms with Crippen molar-refractivity contribution in [1.29, 1.82) is 5.26 Å². The van der Waals surface area contributed by atoms with E-state index in [2.05, 4.69) is 16.3 Å². The monoisotopic (exact) mass is 599 g/mol. The summed E-state index contributed by atoms with van der Waals surface area (Å²) >= 11 is 0. The highest BCUT2D eigenvalue weighted by molar-refractivity contribution is 5.58. The number of fused-ring (bicyclic) bond motifs is 1. The lowest BCUT2D eigenvalue weighted by atomic mass is 9.57. The molecule has 4 aromatic rings. The summed E-state index contributed by atoms with van der Waals surface area (Å²) in [7, 11) is 1.83. The van der Waals surface area contributed by atoms with Gasteiger partial charge in [0.15, 0.2) is 0 Å². The molecule has 3 aromatic heterocycles. The minimum Gasteiger partial charge on any atom is -0.321 e. The second-order valence-corrected chi connectivity index (χ2v) is 12.0. The zero-order valence-corrected chi connectivity index (χ0v) is 23.7. The Bertz CT molecular complexity index is 1770. The summed E-state index contributed by atoms with van der Waals surface area (Å²) in [6, 6.07) is 10.4. The van der Waals surface area contributed by atoms with Crippen LogP contribution in [0.3, 0.4) is 0 Å². The zero-order chi connectivity index (χ0) is 30.7. The molecule has 8 nitrogen and oxygen atoms in total. The zero-order valence-electron chi connectivity index (χ0n) is 23.7. The number of likely N-dealkylation sites (tertiary alicyclic amines) is 1. The Hall–Kier alpha value is -4.05. The molecule has 1 aliphatic heterocycles. The van der Waals surface area contributed by atoms with Gasteiger partial charge in [-0.2, -0.15) is 18.4 Å². The maximum atomic E-state index is 14.3. The molecule has 226 valence electrons. The molecule has 1 aliphatic carbocycles. The molecular formula is C30H30F5N7O. The lowest BCUT2D eigenvalue weighted by Crippen LogP contribution is -2.45. The second-order valence-electron chi connectivity index (χ2n) is 12.0. The van der Waals surface area contributed by atoms with E-state index in [0.717, 1.165) is 21.9 Å². The van der Waals surface area contributed by atoms with E-state index >= 15 is 0 Å². The summed E-state index contributed by atoms with van der Waals surface area (Å²) < 4.78 is 74.8. The molecule has 1 aromatic carbocycles. The van der Waals surface area contributed by atoms with E-state index in [4.69, 9.17) is 0 Å². The average molecular weight is 600 g/mol. The van der Waals surface area contributed by atoms with Crippen LogP contribution in [0.15, 0.2) is 53.8 Å². The van der Waals surface area contributed by atoms with Crippen molar-refractivity contribution in [2.45, 2.75) is 56.7 Å². The van der Waals surface area contributed by atoms with Gasteiger partial charge in [0.1, 0.15) is 12.2 Å². The quantitative estimate of drug-likeness (QED) is 0.287. The van der Waals surface area contributed by atoms with Gasteiger partial charge in [0.2, 0.25) is 0 Å². The molecule has 0 unspecified atom stereocenters. The fourth-order valence-electron chi connectivity index (χ4n) is 6.52. The molecule has 0 spiro atoms. The maximum absolute atomic E-state index is 14.3. The average Bonchev–Trinajstić information content (AvgIpc) is 3.49. The predicted molar refractivity (Wildman–Crippen MR) is 147 cm³/mol. The largest absolute Gasteiger partial charge is 0.418 e. The van der Waals surface area contributed by atoms with Crippen molar-refractivity contribution >= 4 is 5.52 Å². The van der Waals surface area contributed by atoms with E-state index in [-0.39, 0.29) is 43.1 Å². The van der Waals surface area contributed by atoms with Gasteiger partial charge in [-0.1, -0.05) is 19.1 Å². The molecule has 0 radical (unpaired) electrons. The Balaban J connectivity index is 1.38. The fourth-order valence-corrected chi connectivity index (χ4v) is 6.52. The lowest BCUT2D eigenvalue weighted by Gasteiger charge is -2.45. The number of nitriles is 1. The summed E-state index contributed by atoms with van der Waals surface area (Å²) in [5.41, 5.74) is -0.921. The molecule has 0 bridgehead atoms. The van der Waals surface area contributed by atoms with E-state index in [1.165, 1.54) is 23.9 Å². The first kappa shape index (κ1) is 29.0. The Labute approximate surface area is 244 Å². The molecular weight excluding hydrogens is 569 g/mol. The number of imidazole rings is 1. The molecule has 1 saturated heterocycles. The molecule has 13 heteroatoms. The maximum Gasteiger partial charge on any atom is 0.418 e. The van der Waals surface area contributed by atoms with Gasteiger partial charge in [-0.15, -0.1) is 10.2 Å². The molecule has 1 atom stereocenters. The first-order chi connectivity index (χ1) is 20.3. The standard InChI is InChI=1S/C30H30F5N7O/c1-19-14-40(7-6-29(19,31)32)15-20-8-24(30(33,34)35)25-17-41(27(43)42(25)16-20)23-5-3-4-22(9-23)28(10-21(11-28)13-36)12-26-38-37-18-39(26)2/h3-5,8-9,16-19,21H,6-7,10-12,14-15H2,1-2H3/t19-,21-,28+/m0/s1. The number of hydrogen-bond donors (Lipinski definition) is 0. The number of pyridine rings is 1. The van der Waals surface area contributed by atoms with Gasteiger partial charge in [-0.25, -0.2) is 13.6 Å². The van der Waals surface area contributed by atoms with E-state index in [1.807, 2.05) is 17.7 Å². The van der Waals surface area contributed by atoms with Gasteiger partial charge in [-0.05, 0) is 42.2 Å². The van der Waals surface area contributed by atoms with Gasteiger partial charge in [0.05, 0.1) is 22.8 Å². The summed E-state index contributed by atoms with van der Waals surface area (Å²) in [5, 5.41) is 17.6. The highest BCUT2D eigenvalue weighted by atomic mass is 19.4. The smallest absolute Gasteiger partial charge is 0.321 e. The highest BCUT2D eigenvalue weighted by Gasteiger charge is 2.47. The van der Waals surface area contributed by atoms with Crippen molar-refractivity contribution in [2.75, 3.05) is 13.1 Å². The summed E-state index contributed by atoms with van der Waals surface area (Å²) in [6.45, 7) is 1.52. The Morgan fingerprint density at radius 3 is 2.58 bits per heavy atom. The number of rotatable bonds is 6. The Morgan fingerprint density at radius 1 is 1.16 bits per heavy atom. The summed E-state index contributed by atoms with van der Waals surface area (Å²) in [4.78, 5) is 15.3. The highest BCUT2D eigenvalue weighted by Crippen LogP contribution is 2.50. The first-order valence-corrected chi connectivity index (χ1v) is 14.1. The molecule has 43 heavy (non-hydrogen) atoms. The second kappa shape index (κ2) is 10.3. The Morgan fingerprint density at radius 2 is 1.93 bits per heavy atom. The number of benzene rings is 1. The minimum absolute atomic E-state index is 0.0111. The predicted octanol–water partition coefficient (Wildman–Crippen LogP) is 5.13. The molecule has 4 heterocycles. The number of piperidine rings is 1. The molecule has 1 saturated carbocycles. The van der Waals surface area contributed by atoms with Crippen molar-refractivity contribution in [1.82, 2.24) is 28.6 Å². The topological polar surface area (TPSA) is 84.2 Å². The van der Waals surface area contributed by atoms with Crippen LogP contribution < -0.4 is 5.69 Å². The third kappa shape index (κ3) is 5.22. The number of hydrogen-bond acceptors (Lipinski definition) is 5. The number of alkyl halides is 5. The van der Waals surface area contributed by atoms with Crippen LogP contribution in [0.5, 0.6) is 0 Å². The SMILES string of the molecule is C[C@H]1CN(Cc2cc(C(F)(F)F)c3cn(-c4cccc([C@]5(Cc6nncn6C)C[C@H](C#N)C5)c4)c(=O)n3c2)CCC1(F)F. The lowest BCUT2D eigenvalue weighted by molar-refractivity contribution is -0.136. The summed E-state index contributed by atoms with van der Waals surface area (Å²) in [5.74, 6) is -3.15. The van der Waals surface area contributed by atoms with Gasteiger partial charge in [0, 0.05) is 69.2 Å². The van der Waals surface area contributed by atoms with Gasteiger partial charge in [0.25, 0.3) is 5.92 Å². The van der Waals surface area contributed by atoms with E-state index < -0.39 is 34.7 Å².